The van der Waals surface area contributed by atoms with Gasteiger partial charge in [-0.25, -0.2) is 0 Å². The first-order valence-electron chi connectivity index (χ1n) is 6.31. The maximum Gasteiger partial charge on any atom is 0.138 e. The van der Waals surface area contributed by atoms with Crippen molar-refractivity contribution in [2.75, 3.05) is 6.54 Å². The predicted octanol–water partition coefficient (Wildman–Crippen LogP) is 3.11. The highest BCUT2D eigenvalue weighted by atomic mass is 35.5. The van der Waals surface area contributed by atoms with Crippen LogP contribution < -0.4 is 10.5 Å². The van der Waals surface area contributed by atoms with E-state index < -0.39 is 0 Å². The van der Waals surface area contributed by atoms with E-state index in [-0.39, 0.29) is 6.10 Å². The van der Waals surface area contributed by atoms with Crippen LogP contribution in [0, 0.1) is 17.2 Å². The maximum atomic E-state index is 8.79. The first kappa shape index (κ1) is 13.2. The Bertz CT molecular complexity index is 456. The Balaban J connectivity index is 2.10. The third-order valence-electron chi connectivity index (χ3n) is 3.48. The molecular weight excluding hydrogens is 248 g/mol. The lowest BCUT2D eigenvalue weighted by Crippen LogP contribution is -2.35. The smallest absolute Gasteiger partial charge is 0.138 e. The van der Waals surface area contributed by atoms with E-state index >= 15 is 0 Å². The van der Waals surface area contributed by atoms with Gasteiger partial charge in [0.15, 0.2) is 0 Å². The fourth-order valence-corrected chi connectivity index (χ4v) is 2.65. The van der Waals surface area contributed by atoms with Gasteiger partial charge in [0.2, 0.25) is 0 Å². The third-order valence-corrected chi connectivity index (χ3v) is 3.78. The molecule has 2 atom stereocenters. The van der Waals surface area contributed by atoms with Crippen LogP contribution in [-0.2, 0) is 0 Å². The summed E-state index contributed by atoms with van der Waals surface area (Å²) in [5, 5.41) is 9.28. The van der Waals surface area contributed by atoms with Gasteiger partial charge in [-0.2, -0.15) is 5.26 Å². The quantitative estimate of drug-likeness (QED) is 0.913. The lowest BCUT2D eigenvalue weighted by atomic mass is 9.86. The van der Waals surface area contributed by atoms with E-state index in [4.69, 9.17) is 27.3 Å². The molecule has 1 aliphatic rings. The van der Waals surface area contributed by atoms with Crippen LogP contribution in [0.4, 0.5) is 0 Å². The fraction of sp³-hybridized carbons (Fsp3) is 0.500. The molecule has 2 unspecified atom stereocenters. The molecule has 1 fully saturated rings. The molecule has 0 amide bonds. The van der Waals surface area contributed by atoms with Crippen LogP contribution >= 0.6 is 11.6 Å². The largest absolute Gasteiger partial charge is 0.489 e. The number of nitriles is 1. The Kier molecular flexibility index (Phi) is 4.46. The zero-order valence-corrected chi connectivity index (χ0v) is 11.0. The van der Waals surface area contributed by atoms with Gasteiger partial charge < -0.3 is 10.5 Å². The van der Waals surface area contributed by atoms with Crippen molar-refractivity contribution in [2.45, 2.75) is 31.8 Å². The fourth-order valence-electron chi connectivity index (χ4n) is 2.43. The van der Waals surface area contributed by atoms with Crippen LogP contribution in [0.2, 0.25) is 5.02 Å². The number of rotatable bonds is 3. The summed E-state index contributed by atoms with van der Waals surface area (Å²) >= 11 is 6.11. The van der Waals surface area contributed by atoms with Crippen molar-refractivity contribution in [3.05, 3.63) is 28.8 Å². The van der Waals surface area contributed by atoms with Crippen molar-refractivity contribution in [3.63, 3.8) is 0 Å². The molecule has 0 bridgehead atoms. The number of nitrogens with two attached hydrogens (primary N) is 1. The average molecular weight is 265 g/mol. The van der Waals surface area contributed by atoms with Crippen LogP contribution in [0.15, 0.2) is 18.2 Å². The van der Waals surface area contributed by atoms with Gasteiger partial charge in [-0.15, -0.1) is 0 Å². The van der Waals surface area contributed by atoms with Crippen molar-refractivity contribution in [1.29, 1.82) is 5.26 Å². The summed E-state index contributed by atoms with van der Waals surface area (Å²) in [5.74, 6) is 1.06. The minimum Gasteiger partial charge on any atom is -0.489 e. The van der Waals surface area contributed by atoms with E-state index in [2.05, 4.69) is 6.07 Å². The second-order valence-corrected chi connectivity index (χ2v) is 5.10. The lowest BCUT2D eigenvalue weighted by molar-refractivity contribution is 0.0971. The van der Waals surface area contributed by atoms with Crippen molar-refractivity contribution in [3.8, 4) is 11.8 Å². The summed E-state index contributed by atoms with van der Waals surface area (Å²) < 4.78 is 5.97. The Hall–Kier alpha value is -1.24. The van der Waals surface area contributed by atoms with E-state index in [0.717, 1.165) is 12.8 Å². The summed E-state index contributed by atoms with van der Waals surface area (Å²) in [7, 11) is 0. The number of benzene rings is 1. The van der Waals surface area contributed by atoms with E-state index in [1.165, 1.54) is 12.8 Å². The summed E-state index contributed by atoms with van der Waals surface area (Å²) in [4.78, 5) is 0. The van der Waals surface area contributed by atoms with Gasteiger partial charge in [0.1, 0.15) is 11.9 Å². The predicted molar refractivity (Wildman–Crippen MR) is 71.6 cm³/mol. The number of hydrogen-bond donors (Lipinski definition) is 1. The molecule has 2 rings (SSSR count). The second kappa shape index (κ2) is 6.08. The maximum absolute atomic E-state index is 8.79. The molecule has 4 heteroatoms. The molecule has 18 heavy (non-hydrogen) atoms. The Labute approximate surface area is 112 Å². The van der Waals surface area contributed by atoms with E-state index in [0.29, 0.717) is 28.8 Å². The number of halogens is 1. The van der Waals surface area contributed by atoms with Crippen molar-refractivity contribution >= 4 is 11.6 Å². The molecular formula is C14H17ClN2O. The van der Waals surface area contributed by atoms with Crippen molar-refractivity contribution < 1.29 is 4.74 Å². The van der Waals surface area contributed by atoms with Gasteiger partial charge in [0.25, 0.3) is 0 Å². The standard InChI is InChI=1S/C14H17ClN2O/c15-12-7-10(8-16)5-6-14(12)18-13-4-2-1-3-11(13)9-17/h5-7,11,13H,1-4,9,17H2. The molecule has 2 N–H and O–H groups in total. The number of nitrogens with zero attached hydrogens (tertiary/aromatic N) is 1. The van der Waals surface area contributed by atoms with Gasteiger partial charge in [0.05, 0.1) is 16.7 Å². The van der Waals surface area contributed by atoms with Gasteiger partial charge in [0, 0.05) is 5.92 Å². The van der Waals surface area contributed by atoms with E-state index in [1.807, 2.05) is 0 Å². The zero-order valence-electron chi connectivity index (χ0n) is 10.2. The summed E-state index contributed by atoms with van der Waals surface area (Å²) in [5.41, 5.74) is 6.32. The van der Waals surface area contributed by atoms with Crippen LogP contribution in [0.5, 0.6) is 5.75 Å². The molecule has 0 aromatic heterocycles. The molecule has 0 saturated heterocycles. The highest BCUT2D eigenvalue weighted by molar-refractivity contribution is 6.32. The minimum atomic E-state index is 0.147. The Morgan fingerprint density at radius 3 is 2.83 bits per heavy atom. The normalized spacial score (nSPS) is 23.4. The molecule has 1 aromatic rings. The second-order valence-electron chi connectivity index (χ2n) is 4.69. The van der Waals surface area contributed by atoms with Crippen LogP contribution in [0.3, 0.4) is 0 Å². The first-order chi connectivity index (χ1) is 8.74. The molecule has 1 aromatic carbocycles. The Morgan fingerprint density at radius 2 is 2.17 bits per heavy atom. The highest BCUT2D eigenvalue weighted by Gasteiger charge is 2.26. The summed E-state index contributed by atoms with van der Waals surface area (Å²) in [6.45, 7) is 0.651. The van der Waals surface area contributed by atoms with Gasteiger partial charge in [-0.1, -0.05) is 18.0 Å². The van der Waals surface area contributed by atoms with Crippen LogP contribution in [-0.4, -0.2) is 12.6 Å². The molecule has 0 radical (unpaired) electrons. The van der Waals surface area contributed by atoms with E-state index in [1.54, 1.807) is 18.2 Å². The van der Waals surface area contributed by atoms with Crippen molar-refractivity contribution in [2.24, 2.45) is 11.7 Å². The molecule has 0 heterocycles. The molecule has 96 valence electrons. The third kappa shape index (κ3) is 2.95. The van der Waals surface area contributed by atoms with Gasteiger partial charge in [-0.3, -0.25) is 0 Å². The number of ether oxygens (including phenoxy) is 1. The molecule has 1 aliphatic carbocycles. The van der Waals surface area contributed by atoms with Crippen molar-refractivity contribution in [1.82, 2.24) is 0 Å². The molecule has 0 spiro atoms. The Morgan fingerprint density at radius 1 is 1.39 bits per heavy atom. The molecule has 0 aliphatic heterocycles. The van der Waals surface area contributed by atoms with Gasteiger partial charge in [-0.05, 0) is 44.0 Å². The monoisotopic (exact) mass is 264 g/mol. The highest BCUT2D eigenvalue weighted by Crippen LogP contribution is 2.32. The molecule has 3 nitrogen and oxygen atoms in total. The lowest BCUT2D eigenvalue weighted by Gasteiger charge is -2.31. The SMILES string of the molecule is N#Cc1ccc(OC2CCCCC2CN)c(Cl)c1. The summed E-state index contributed by atoms with van der Waals surface area (Å²) in [6, 6.07) is 7.19. The van der Waals surface area contributed by atoms with Gasteiger partial charge >= 0.3 is 0 Å². The van der Waals surface area contributed by atoms with E-state index in [9.17, 15) is 0 Å². The minimum absolute atomic E-state index is 0.147. The number of hydrogen-bond acceptors (Lipinski definition) is 3. The van der Waals surface area contributed by atoms with Crippen LogP contribution in [0.25, 0.3) is 0 Å². The average Bonchev–Trinajstić information content (AvgIpc) is 2.41. The first-order valence-corrected chi connectivity index (χ1v) is 6.68. The molecule has 1 saturated carbocycles. The zero-order chi connectivity index (χ0) is 13.0. The van der Waals surface area contributed by atoms with Crippen LogP contribution in [0.1, 0.15) is 31.2 Å². The summed E-state index contributed by atoms with van der Waals surface area (Å²) in [6.07, 6.45) is 4.69. The topological polar surface area (TPSA) is 59.0 Å².